The van der Waals surface area contributed by atoms with Crippen LogP contribution in [0.15, 0.2) is 34.9 Å². The number of carbonyl (C=O) groups is 3. The van der Waals surface area contributed by atoms with E-state index in [-0.39, 0.29) is 17.9 Å². The molecule has 1 aromatic carbocycles. The van der Waals surface area contributed by atoms with E-state index in [4.69, 9.17) is 4.74 Å². The van der Waals surface area contributed by atoms with Gasteiger partial charge in [-0.3, -0.25) is 19.0 Å². The number of amides is 3. The van der Waals surface area contributed by atoms with Gasteiger partial charge in [0, 0.05) is 37.9 Å². The van der Waals surface area contributed by atoms with Gasteiger partial charge in [0.2, 0.25) is 5.91 Å². The van der Waals surface area contributed by atoms with Gasteiger partial charge in [0.25, 0.3) is 5.91 Å². The Kier molecular flexibility index (Phi) is 8.73. The van der Waals surface area contributed by atoms with E-state index in [1.807, 2.05) is 30.7 Å². The maximum Gasteiger partial charge on any atom is 0.409 e. The van der Waals surface area contributed by atoms with Gasteiger partial charge < -0.3 is 19.9 Å². The molecule has 39 heavy (non-hydrogen) atoms. The lowest BCUT2D eigenvalue weighted by Gasteiger charge is -2.35. The number of rotatable bonds is 7. The highest BCUT2D eigenvalue weighted by Gasteiger charge is 2.29. The fourth-order valence-electron chi connectivity index (χ4n) is 4.46. The van der Waals surface area contributed by atoms with Crippen molar-refractivity contribution in [3.8, 4) is 0 Å². The molecule has 3 amide bonds. The van der Waals surface area contributed by atoms with E-state index >= 15 is 0 Å². The van der Waals surface area contributed by atoms with Gasteiger partial charge >= 0.3 is 6.09 Å². The summed E-state index contributed by atoms with van der Waals surface area (Å²) in [4.78, 5) is 41.3. The van der Waals surface area contributed by atoms with Crippen molar-refractivity contribution in [3.05, 3.63) is 63.1 Å². The second-order valence-electron chi connectivity index (χ2n) is 9.59. The molecule has 0 saturated carbocycles. The number of nitrogens with one attached hydrogen (secondary N) is 1. The molecule has 1 aliphatic rings. The molecule has 1 N–H and O–H groups in total. The molecule has 11 nitrogen and oxygen atoms in total. The summed E-state index contributed by atoms with van der Waals surface area (Å²) in [6.07, 6.45) is 1.33. The topological polar surface area (TPSA) is 115 Å². The Morgan fingerprint density at radius 1 is 1.00 bits per heavy atom. The largest absolute Gasteiger partial charge is 0.450 e. The molecule has 208 valence electrons. The van der Waals surface area contributed by atoms with Crippen molar-refractivity contribution in [2.24, 2.45) is 0 Å². The lowest BCUT2D eigenvalue weighted by Crippen LogP contribution is -2.52. The minimum Gasteiger partial charge on any atom is -0.450 e. The molecule has 1 saturated heterocycles. The highest BCUT2D eigenvalue weighted by atomic mass is 79.9. The number of anilines is 1. The number of hydrogen-bond donors (Lipinski definition) is 1. The second-order valence-corrected chi connectivity index (χ2v) is 10.4. The van der Waals surface area contributed by atoms with Crippen molar-refractivity contribution < 1.29 is 19.1 Å². The first-order valence-corrected chi connectivity index (χ1v) is 13.7. The van der Waals surface area contributed by atoms with E-state index in [9.17, 15) is 14.4 Å². The number of carbonyl (C=O) groups excluding carboxylic acids is 3. The van der Waals surface area contributed by atoms with Crippen molar-refractivity contribution in [2.45, 2.75) is 47.2 Å². The Labute approximate surface area is 236 Å². The molecule has 0 radical (unpaired) electrons. The first kappa shape index (κ1) is 28.3. The highest BCUT2D eigenvalue weighted by Crippen LogP contribution is 2.22. The van der Waals surface area contributed by atoms with Gasteiger partial charge in [0.05, 0.1) is 40.4 Å². The molecule has 1 fully saturated rings. The Balaban J connectivity index is 1.35. The molecule has 1 aliphatic heterocycles. The lowest BCUT2D eigenvalue weighted by molar-refractivity contribution is -0.136. The predicted octanol–water partition coefficient (Wildman–Crippen LogP) is 3.93. The second kappa shape index (κ2) is 12.0. The summed E-state index contributed by atoms with van der Waals surface area (Å²) in [6.45, 7) is 11.9. The maximum absolute atomic E-state index is 13.1. The molecule has 2 aromatic heterocycles. The SMILES string of the molecule is CCOC(=O)N1CCN(C(=O)C(C)n2cc(NC(=O)c3ccc(Cn4nc(C)c(Br)c4C)cc3)c(C)n2)CC1. The van der Waals surface area contributed by atoms with Crippen LogP contribution in [0.5, 0.6) is 0 Å². The molecule has 12 heteroatoms. The van der Waals surface area contributed by atoms with Crippen LogP contribution < -0.4 is 5.32 Å². The van der Waals surface area contributed by atoms with E-state index in [0.29, 0.717) is 56.3 Å². The van der Waals surface area contributed by atoms with Gasteiger partial charge in [-0.15, -0.1) is 0 Å². The number of nitrogens with zero attached hydrogens (tertiary/aromatic N) is 6. The predicted molar refractivity (Wildman–Crippen MR) is 150 cm³/mol. The highest BCUT2D eigenvalue weighted by molar-refractivity contribution is 9.10. The van der Waals surface area contributed by atoms with Crippen LogP contribution in [0.25, 0.3) is 0 Å². The average molecular weight is 601 g/mol. The van der Waals surface area contributed by atoms with Crippen LogP contribution in [-0.4, -0.2) is 80.1 Å². The molecule has 3 heterocycles. The van der Waals surface area contributed by atoms with Crippen LogP contribution in [0.4, 0.5) is 10.5 Å². The Morgan fingerprint density at radius 3 is 2.23 bits per heavy atom. The molecule has 1 atom stereocenters. The van der Waals surface area contributed by atoms with E-state index in [1.54, 1.807) is 53.6 Å². The van der Waals surface area contributed by atoms with E-state index in [0.717, 1.165) is 21.4 Å². The summed E-state index contributed by atoms with van der Waals surface area (Å²) in [5.74, 6) is -0.351. The van der Waals surface area contributed by atoms with Gasteiger partial charge in [0.15, 0.2) is 0 Å². The summed E-state index contributed by atoms with van der Waals surface area (Å²) in [6, 6.07) is 6.84. The summed E-state index contributed by atoms with van der Waals surface area (Å²) < 4.78 is 9.54. The number of aryl methyl sites for hydroxylation is 2. The van der Waals surface area contributed by atoms with E-state index < -0.39 is 6.04 Å². The lowest BCUT2D eigenvalue weighted by atomic mass is 10.1. The van der Waals surface area contributed by atoms with Crippen molar-refractivity contribution in [1.29, 1.82) is 0 Å². The average Bonchev–Trinajstić information content (AvgIpc) is 3.41. The van der Waals surface area contributed by atoms with E-state index in [2.05, 4.69) is 31.4 Å². The van der Waals surface area contributed by atoms with Crippen LogP contribution in [0.1, 0.15) is 52.9 Å². The van der Waals surface area contributed by atoms with Crippen molar-refractivity contribution in [2.75, 3.05) is 38.1 Å². The van der Waals surface area contributed by atoms with Crippen LogP contribution >= 0.6 is 15.9 Å². The van der Waals surface area contributed by atoms with Crippen molar-refractivity contribution in [3.63, 3.8) is 0 Å². The zero-order valence-corrected chi connectivity index (χ0v) is 24.5. The number of ether oxygens (including phenoxy) is 1. The quantitative estimate of drug-likeness (QED) is 0.440. The van der Waals surface area contributed by atoms with Gasteiger partial charge in [-0.1, -0.05) is 12.1 Å². The Bertz CT molecular complexity index is 1360. The van der Waals surface area contributed by atoms with Gasteiger partial charge in [-0.2, -0.15) is 10.2 Å². The van der Waals surface area contributed by atoms with E-state index in [1.165, 1.54) is 0 Å². The molecular formula is C27H34BrN7O4. The van der Waals surface area contributed by atoms with Crippen LogP contribution in [0, 0.1) is 20.8 Å². The van der Waals surface area contributed by atoms with Crippen molar-refractivity contribution in [1.82, 2.24) is 29.4 Å². The molecular weight excluding hydrogens is 566 g/mol. The first-order valence-electron chi connectivity index (χ1n) is 12.9. The third kappa shape index (κ3) is 6.32. The van der Waals surface area contributed by atoms with Gasteiger partial charge in [0.1, 0.15) is 6.04 Å². The number of benzene rings is 1. The summed E-state index contributed by atoms with van der Waals surface area (Å²) in [5.41, 5.74) is 4.69. The third-order valence-corrected chi connectivity index (χ3v) is 8.03. The molecule has 0 aliphatic carbocycles. The third-order valence-electron chi connectivity index (χ3n) is 6.88. The zero-order valence-electron chi connectivity index (χ0n) is 22.9. The summed E-state index contributed by atoms with van der Waals surface area (Å²) in [7, 11) is 0. The number of halogens is 1. The van der Waals surface area contributed by atoms with Gasteiger partial charge in [-0.05, 0) is 68.2 Å². The Hall–Kier alpha value is -3.67. The molecule has 0 spiro atoms. The fourth-order valence-corrected chi connectivity index (χ4v) is 4.75. The minimum absolute atomic E-state index is 0.0934. The Morgan fingerprint density at radius 2 is 1.64 bits per heavy atom. The first-order chi connectivity index (χ1) is 18.6. The number of piperazine rings is 1. The summed E-state index contributed by atoms with van der Waals surface area (Å²) >= 11 is 3.55. The minimum atomic E-state index is -0.558. The van der Waals surface area contributed by atoms with Gasteiger partial charge in [-0.25, -0.2) is 4.79 Å². The molecule has 3 aromatic rings. The molecule has 4 rings (SSSR count). The number of hydrogen-bond acceptors (Lipinski definition) is 6. The van der Waals surface area contributed by atoms with Crippen LogP contribution in [0.3, 0.4) is 0 Å². The molecule has 1 unspecified atom stereocenters. The normalized spacial score (nSPS) is 14.3. The molecule has 0 bridgehead atoms. The fraction of sp³-hybridized carbons (Fsp3) is 0.444. The standard InChI is InChI=1S/C27H34BrN7O4/c1-6-39-27(38)33-13-11-32(12-14-33)26(37)20(5)35-16-23(17(2)30-35)29-25(36)22-9-7-21(8-10-22)15-34-19(4)24(28)18(3)31-34/h7-10,16,20H,6,11-15H2,1-5H3,(H,29,36). The number of aromatic nitrogens is 4. The van der Waals surface area contributed by atoms with Crippen LogP contribution in [0.2, 0.25) is 0 Å². The summed E-state index contributed by atoms with van der Waals surface area (Å²) in [5, 5.41) is 11.9. The smallest absolute Gasteiger partial charge is 0.409 e. The zero-order chi connectivity index (χ0) is 28.3. The van der Waals surface area contributed by atoms with Crippen molar-refractivity contribution >= 4 is 39.5 Å². The monoisotopic (exact) mass is 599 g/mol. The maximum atomic E-state index is 13.1. The van der Waals surface area contributed by atoms with Crippen LogP contribution in [-0.2, 0) is 16.1 Å².